The highest BCUT2D eigenvalue weighted by Crippen LogP contribution is 2.09. The van der Waals surface area contributed by atoms with Gasteiger partial charge in [0.05, 0.1) is 6.10 Å². The third-order valence-electron chi connectivity index (χ3n) is 1.11. The fraction of sp³-hybridized carbons (Fsp3) is 0.833. The van der Waals surface area contributed by atoms with E-state index in [-0.39, 0.29) is 0 Å². The van der Waals surface area contributed by atoms with Gasteiger partial charge in [0.25, 0.3) is 0 Å². The fourth-order valence-corrected chi connectivity index (χ4v) is 0.697. The zero-order valence-electron chi connectivity index (χ0n) is 4.61. The summed E-state index contributed by atoms with van der Waals surface area (Å²) in [6.45, 7) is 2.95. The summed E-state index contributed by atoms with van der Waals surface area (Å²) < 4.78 is 5.22. The van der Waals surface area contributed by atoms with Crippen LogP contribution in [0.5, 0.6) is 0 Å². The van der Waals surface area contributed by atoms with E-state index in [1.54, 1.807) is 0 Å². The molecule has 1 heteroatoms. The van der Waals surface area contributed by atoms with E-state index in [0.29, 0.717) is 6.10 Å². The Morgan fingerprint density at radius 3 is 2.86 bits per heavy atom. The van der Waals surface area contributed by atoms with Gasteiger partial charge in [0, 0.05) is 6.61 Å². The van der Waals surface area contributed by atoms with Crippen LogP contribution < -0.4 is 0 Å². The summed E-state index contributed by atoms with van der Waals surface area (Å²) in [7, 11) is 0. The molecule has 0 aromatic heterocycles. The monoisotopic (exact) mass is 98.1 g/mol. The highest BCUT2D eigenvalue weighted by atomic mass is 16.5. The molecule has 1 fully saturated rings. The first-order chi connectivity index (χ1) is 3.39. The van der Waals surface area contributed by atoms with Crippen molar-refractivity contribution < 1.29 is 4.74 Å². The van der Waals surface area contributed by atoms with Gasteiger partial charge in [0.1, 0.15) is 0 Å². The van der Waals surface area contributed by atoms with Crippen molar-refractivity contribution in [3.05, 3.63) is 6.42 Å². The summed E-state index contributed by atoms with van der Waals surface area (Å²) in [4.78, 5) is 0. The lowest BCUT2D eigenvalue weighted by Gasteiger charge is -2.16. The van der Waals surface area contributed by atoms with E-state index in [9.17, 15) is 0 Å². The smallest absolute Gasteiger partial charge is 0.0552 e. The number of hydrogen-bond donors (Lipinski definition) is 0. The molecule has 0 bridgehead atoms. The average molecular weight is 98.1 g/mol. The molecule has 7 heavy (non-hydrogen) atoms. The van der Waals surface area contributed by atoms with Gasteiger partial charge in [-0.1, -0.05) is 0 Å². The molecule has 40 valence electrons. The van der Waals surface area contributed by atoms with Gasteiger partial charge in [-0.3, -0.25) is 0 Å². The highest BCUT2D eigenvalue weighted by Gasteiger charge is 2.06. The zero-order valence-corrected chi connectivity index (χ0v) is 4.61. The molecule has 1 rings (SSSR count). The Bertz CT molecular complexity index is 46.1. The van der Waals surface area contributed by atoms with Gasteiger partial charge in [0.2, 0.25) is 0 Å². The van der Waals surface area contributed by atoms with Gasteiger partial charge < -0.3 is 4.74 Å². The first-order valence-electron chi connectivity index (χ1n) is 2.72. The summed E-state index contributed by atoms with van der Waals surface area (Å²) in [5.41, 5.74) is 0. The van der Waals surface area contributed by atoms with Crippen molar-refractivity contribution in [3.8, 4) is 0 Å². The lowest BCUT2D eigenvalue weighted by atomic mass is 10.1. The summed E-state index contributed by atoms with van der Waals surface area (Å²) in [5, 5.41) is 0. The molecule has 1 heterocycles. The van der Waals surface area contributed by atoms with E-state index in [0.717, 1.165) is 19.4 Å². The van der Waals surface area contributed by atoms with Crippen LogP contribution in [0.3, 0.4) is 0 Å². The van der Waals surface area contributed by atoms with Crippen LogP contribution in [-0.4, -0.2) is 12.7 Å². The van der Waals surface area contributed by atoms with Crippen LogP contribution in [0.15, 0.2) is 0 Å². The topological polar surface area (TPSA) is 9.23 Å². The maximum Gasteiger partial charge on any atom is 0.0552 e. The Kier molecular flexibility index (Phi) is 1.69. The second kappa shape index (κ2) is 2.31. The van der Waals surface area contributed by atoms with Crippen molar-refractivity contribution in [1.82, 2.24) is 0 Å². The largest absolute Gasteiger partial charge is 0.378 e. The molecule has 1 aliphatic heterocycles. The molecule has 0 N–H and O–H groups in total. The third kappa shape index (κ3) is 1.48. The highest BCUT2D eigenvalue weighted by molar-refractivity contribution is 4.72. The van der Waals surface area contributed by atoms with Crippen LogP contribution in [0.25, 0.3) is 0 Å². The van der Waals surface area contributed by atoms with Gasteiger partial charge in [-0.25, -0.2) is 0 Å². The molecule has 1 unspecified atom stereocenters. The molecule has 1 saturated heterocycles. The van der Waals surface area contributed by atoms with Crippen LogP contribution in [0, 0.1) is 6.42 Å². The minimum atomic E-state index is 0.425. The molecule has 0 aromatic rings. The summed E-state index contributed by atoms with van der Waals surface area (Å²) >= 11 is 0. The van der Waals surface area contributed by atoms with Gasteiger partial charge >= 0.3 is 0 Å². The lowest BCUT2D eigenvalue weighted by Crippen LogP contribution is -2.14. The van der Waals surface area contributed by atoms with E-state index in [2.05, 4.69) is 13.3 Å². The summed E-state index contributed by atoms with van der Waals surface area (Å²) in [6.07, 6.45) is 5.67. The number of ether oxygens (including phenoxy) is 1. The first kappa shape index (κ1) is 5.10. The minimum Gasteiger partial charge on any atom is -0.378 e. The van der Waals surface area contributed by atoms with Gasteiger partial charge in [0.15, 0.2) is 0 Å². The Morgan fingerprint density at radius 2 is 2.57 bits per heavy atom. The normalized spacial score (nSPS) is 33.0. The molecule has 0 aromatic carbocycles. The number of hydrogen-bond acceptors (Lipinski definition) is 1. The molecule has 0 amide bonds. The molecular weight excluding hydrogens is 88.1 g/mol. The standard InChI is InChI=1S/C6H10O/c1-6-4-2-3-5-7-6/h6H,3-5H2,1H3. The fourth-order valence-electron chi connectivity index (χ4n) is 0.697. The first-order valence-corrected chi connectivity index (χ1v) is 2.72. The Labute approximate surface area is 44.7 Å². The molecule has 1 nitrogen and oxygen atoms in total. The zero-order chi connectivity index (χ0) is 5.11. The molecule has 2 radical (unpaired) electrons. The minimum absolute atomic E-state index is 0.425. The van der Waals surface area contributed by atoms with E-state index >= 15 is 0 Å². The molecule has 1 atom stereocenters. The Balaban J connectivity index is 2.12. The van der Waals surface area contributed by atoms with Gasteiger partial charge in [-0.05, 0) is 26.2 Å². The van der Waals surface area contributed by atoms with Crippen LogP contribution in [0.1, 0.15) is 19.8 Å². The average Bonchev–Trinajstić information content (AvgIpc) is 1.69. The van der Waals surface area contributed by atoms with E-state index in [1.807, 2.05) is 0 Å². The number of rotatable bonds is 0. The van der Waals surface area contributed by atoms with Crippen molar-refractivity contribution >= 4 is 0 Å². The second-order valence-corrected chi connectivity index (χ2v) is 1.89. The van der Waals surface area contributed by atoms with Crippen LogP contribution in [0.4, 0.5) is 0 Å². The van der Waals surface area contributed by atoms with Crippen LogP contribution in [-0.2, 0) is 4.74 Å². The van der Waals surface area contributed by atoms with Crippen molar-refractivity contribution in [2.24, 2.45) is 0 Å². The molecular formula is C6H10O. The Morgan fingerprint density at radius 1 is 1.71 bits per heavy atom. The summed E-state index contributed by atoms with van der Waals surface area (Å²) in [5.74, 6) is 0. The summed E-state index contributed by atoms with van der Waals surface area (Å²) in [6, 6.07) is 0. The van der Waals surface area contributed by atoms with Gasteiger partial charge in [-0.15, -0.1) is 0 Å². The third-order valence-corrected chi connectivity index (χ3v) is 1.11. The van der Waals surface area contributed by atoms with Crippen molar-refractivity contribution in [2.45, 2.75) is 25.9 Å². The van der Waals surface area contributed by atoms with Crippen molar-refractivity contribution in [2.75, 3.05) is 6.61 Å². The lowest BCUT2D eigenvalue weighted by molar-refractivity contribution is 0.0468. The predicted octanol–water partition coefficient (Wildman–Crippen LogP) is 1.27. The van der Waals surface area contributed by atoms with Crippen LogP contribution >= 0.6 is 0 Å². The van der Waals surface area contributed by atoms with Crippen molar-refractivity contribution in [1.29, 1.82) is 0 Å². The maximum absolute atomic E-state index is 5.22. The molecule has 0 saturated carbocycles. The van der Waals surface area contributed by atoms with E-state index in [1.165, 1.54) is 0 Å². The SMILES string of the molecule is CC1C[C]CCO1. The molecule has 1 aliphatic rings. The molecule has 0 aliphatic carbocycles. The molecule has 0 spiro atoms. The second-order valence-electron chi connectivity index (χ2n) is 1.89. The quantitative estimate of drug-likeness (QED) is 0.443. The van der Waals surface area contributed by atoms with Crippen molar-refractivity contribution in [3.63, 3.8) is 0 Å². The maximum atomic E-state index is 5.22. The predicted molar refractivity (Wildman–Crippen MR) is 27.9 cm³/mol. The van der Waals surface area contributed by atoms with Crippen LogP contribution in [0.2, 0.25) is 0 Å². The van der Waals surface area contributed by atoms with E-state index in [4.69, 9.17) is 4.74 Å². The van der Waals surface area contributed by atoms with E-state index < -0.39 is 0 Å². The van der Waals surface area contributed by atoms with Gasteiger partial charge in [-0.2, -0.15) is 0 Å². The Hall–Kier alpha value is -0.0400.